The molecular weight excluding hydrogens is 272 g/mol. The molecule has 1 aliphatic heterocycles. The van der Waals surface area contributed by atoms with Crippen LogP contribution in [0.1, 0.15) is 23.2 Å². The lowest BCUT2D eigenvalue weighted by molar-refractivity contribution is -0.150. The minimum atomic E-state index is -0.531. The van der Waals surface area contributed by atoms with Gasteiger partial charge in [0.25, 0.3) is 5.91 Å². The molecule has 1 N–H and O–H groups in total. The first-order chi connectivity index (χ1) is 10.1. The first kappa shape index (κ1) is 15.0. The Hall–Kier alpha value is -2.37. The number of nitrogens with one attached hydrogen (secondary N) is 1. The molecule has 0 saturated carbocycles. The highest BCUT2D eigenvalue weighted by Crippen LogP contribution is 2.18. The van der Waals surface area contributed by atoms with Crippen molar-refractivity contribution in [1.29, 1.82) is 0 Å². The van der Waals surface area contributed by atoms with Crippen LogP contribution in [0, 0.1) is 0 Å². The van der Waals surface area contributed by atoms with E-state index in [9.17, 15) is 14.4 Å². The molecule has 2 rings (SSSR count). The highest BCUT2D eigenvalue weighted by molar-refractivity contribution is 5.96. The van der Waals surface area contributed by atoms with Gasteiger partial charge in [0, 0.05) is 12.1 Å². The molecule has 1 heterocycles. The lowest BCUT2D eigenvalue weighted by Crippen LogP contribution is -2.45. The number of nitrogens with zero attached hydrogens (tertiary/aromatic N) is 1. The minimum absolute atomic E-state index is 0.124. The van der Waals surface area contributed by atoms with Crippen LogP contribution in [-0.4, -0.2) is 48.9 Å². The molecule has 6 heteroatoms. The van der Waals surface area contributed by atoms with Gasteiger partial charge in [0.1, 0.15) is 6.04 Å². The van der Waals surface area contributed by atoms with Crippen molar-refractivity contribution in [2.24, 2.45) is 0 Å². The van der Waals surface area contributed by atoms with Crippen LogP contribution in [0.25, 0.3) is 0 Å². The summed E-state index contributed by atoms with van der Waals surface area (Å²) in [6, 6.07) is 8.14. The Bertz CT molecular complexity index is 530. The summed E-state index contributed by atoms with van der Waals surface area (Å²) >= 11 is 0. The van der Waals surface area contributed by atoms with E-state index in [0.717, 1.165) is 6.42 Å². The molecule has 0 radical (unpaired) electrons. The van der Waals surface area contributed by atoms with Crippen molar-refractivity contribution in [2.75, 3.05) is 20.2 Å². The molecule has 0 bridgehead atoms. The molecule has 2 amide bonds. The van der Waals surface area contributed by atoms with Gasteiger partial charge in [0.05, 0.1) is 13.7 Å². The summed E-state index contributed by atoms with van der Waals surface area (Å²) in [5.41, 5.74) is 0.497. The second-order valence-corrected chi connectivity index (χ2v) is 4.82. The lowest BCUT2D eigenvalue weighted by Gasteiger charge is -2.22. The monoisotopic (exact) mass is 290 g/mol. The first-order valence-electron chi connectivity index (χ1n) is 6.84. The van der Waals surface area contributed by atoms with E-state index < -0.39 is 12.0 Å². The Labute approximate surface area is 123 Å². The van der Waals surface area contributed by atoms with E-state index in [4.69, 9.17) is 0 Å². The summed E-state index contributed by atoms with van der Waals surface area (Å²) in [5, 5.41) is 2.57. The lowest BCUT2D eigenvalue weighted by atomic mass is 10.2. The predicted octanol–water partition coefficient (Wildman–Crippen LogP) is 0.580. The molecule has 1 unspecified atom stereocenters. The summed E-state index contributed by atoms with van der Waals surface area (Å²) in [6.45, 7) is 0.390. The Morgan fingerprint density at radius 1 is 1.29 bits per heavy atom. The fourth-order valence-corrected chi connectivity index (χ4v) is 2.40. The SMILES string of the molecule is COC(=O)C1CCCN1C(=O)CNC(=O)c1ccccc1. The molecule has 21 heavy (non-hydrogen) atoms. The van der Waals surface area contributed by atoms with Crippen LogP contribution in [-0.2, 0) is 14.3 Å². The number of likely N-dealkylation sites (tertiary alicyclic amines) is 1. The van der Waals surface area contributed by atoms with Gasteiger partial charge in [0.2, 0.25) is 5.91 Å². The van der Waals surface area contributed by atoms with Gasteiger partial charge in [-0.05, 0) is 25.0 Å². The maximum Gasteiger partial charge on any atom is 0.328 e. The molecule has 1 atom stereocenters. The van der Waals surface area contributed by atoms with Gasteiger partial charge in [-0.1, -0.05) is 18.2 Å². The van der Waals surface area contributed by atoms with Crippen LogP contribution in [0.5, 0.6) is 0 Å². The molecule has 1 fully saturated rings. The number of amides is 2. The van der Waals surface area contributed by atoms with E-state index in [1.54, 1.807) is 24.3 Å². The molecule has 0 spiro atoms. The number of hydrogen-bond donors (Lipinski definition) is 1. The van der Waals surface area contributed by atoms with Gasteiger partial charge in [-0.25, -0.2) is 4.79 Å². The van der Waals surface area contributed by atoms with Crippen molar-refractivity contribution in [3.05, 3.63) is 35.9 Å². The van der Waals surface area contributed by atoms with Gasteiger partial charge >= 0.3 is 5.97 Å². The summed E-state index contributed by atoms with van der Waals surface area (Å²) in [4.78, 5) is 37.0. The summed E-state index contributed by atoms with van der Waals surface area (Å²) < 4.78 is 4.69. The third-order valence-electron chi connectivity index (χ3n) is 3.48. The molecule has 6 nitrogen and oxygen atoms in total. The highest BCUT2D eigenvalue weighted by Gasteiger charge is 2.34. The maximum absolute atomic E-state index is 12.1. The molecule has 112 valence electrons. The fourth-order valence-electron chi connectivity index (χ4n) is 2.40. The molecule has 1 saturated heterocycles. The van der Waals surface area contributed by atoms with Gasteiger partial charge in [-0.3, -0.25) is 9.59 Å². The smallest absolute Gasteiger partial charge is 0.328 e. The third kappa shape index (κ3) is 3.59. The van der Waals surface area contributed by atoms with Crippen LogP contribution in [0.15, 0.2) is 30.3 Å². The second kappa shape index (κ2) is 6.88. The predicted molar refractivity (Wildman–Crippen MR) is 75.5 cm³/mol. The van der Waals surface area contributed by atoms with E-state index in [1.807, 2.05) is 6.07 Å². The zero-order valence-corrected chi connectivity index (χ0v) is 11.9. The first-order valence-corrected chi connectivity index (χ1v) is 6.84. The second-order valence-electron chi connectivity index (χ2n) is 4.82. The van der Waals surface area contributed by atoms with E-state index in [-0.39, 0.29) is 18.4 Å². The average Bonchev–Trinajstić information content (AvgIpc) is 3.02. The number of ether oxygens (including phenoxy) is 1. The van der Waals surface area contributed by atoms with Crippen LogP contribution < -0.4 is 5.32 Å². The molecule has 1 aromatic carbocycles. The zero-order valence-electron chi connectivity index (χ0n) is 11.9. The maximum atomic E-state index is 12.1. The van der Waals surface area contributed by atoms with Crippen molar-refractivity contribution in [3.63, 3.8) is 0 Å². The number of carbonyl (C=O) groups is 3. The summed E-state index contributed by atoms with van der Waals surface area (Å²) in [7, 11) is 1.31. The van der Waals surface area contributed by atoms with Crippen LogP contribution in [0.2, 0.25) is 0 Å². The number of hydrogen-bond acceptors (Lipinski definition) is 4. The average molecular weight is 290 g/mol. The van der Waals surface area contributed by atoms with Crippen LogP contribution in [0.4, 0.5) is 0 Å². The van der Waals surface area contributed by atoms with Crippen molar-refractivity contribution in [1.82, 2.24) is 10.2 Å². The molecule has 0 aliphatic carbocycles. The van der Waals surface area contributed by atoms with Crippen molar-refractivity contribution in [2.45, 2.75) is 18.9 Å². The zero-order chi connectivity index (χ0) is 15.2. The Morgan fingerprint density at radius 3 is 2.67 bits per heavy atom. The van der Waals surface area contributed by atoms with E-state index in [2.05, 4.69) is 10.1 Å². The minimum Gasteiger partial charge on any atom is -0.467 e. The van der Waals surface area contributed by atoms with Gasteiger partial charge in [-0.15, -0.1) is 0 Å². The Kier molecular flexibility index (Phi) is 4.92. The topological polar surface area (TPSA) is 75.7 Å². The van der Waals surface area contributed by atoms with Crippen LogP contribution >= 0.6 is 0 Å². The van der Waals surface area contributed by atoms with E-state index >= 15 is 0 Å². The number of carbonyl (C=O) groups excluding carboxylic acids is 3. The quantitative estimate of drug-likeness (QED) is 0.823. The fraction of sp³-hybridized carbons (Fsp3) is 0.400. The molecule has 1 aliphatic rings. The number of benzene rings is 1. The molecule has 0 aromatic heterocycles. The molecule has 1 aromatic rings. The van der Waals surface area contributed by atoms with Crippen molar-refractivity contribution < 1.29 is 19.1 Å². The normalized spacial score (nSPS) is 17.4. The van der Waals surface area contributed by atoms with Gasteiger partial charge in [0.15, 0.2) is 0 Å². The third-order valence-corrected chi connectivity index (χ3v) is 3.48. The number of methoxy groups -OCH3 is 1. The van der Waals surface area contributed by atoms with Crippen LogP contribution in [0.3, 0.4) is 0 Å². The summed E-state index contributed by atoms with van der Waals surface area (Å²) in [6.07, 6.45) is 1.36. The standard InChI is InChI=1S/C15H18N2O4/c1-21-15(20)12-8-5-9-17(12)13(18)10-16-14(19)11-6-3-2-4-7-11/h2-4,6-7,12H,5,8-10H2,1H3,(H,16,19). The largest absolute Gasteiger partial charge is 0.467 e. The Morgan fingerprint density at radius 2 is 2.00 bits per heavy atom. The van der Waals surface area contributed by atoms with Gasteiger partial charge in [-0.2, -0.15) is 0 Å². The van der Waals surface area contributed by atoms with E-state index in [1.165, 1.54) is 12.0 Å². The molecular formula is C15H18N2O4. The highest BCUT2D eigenvalue weighted by atomic mass is 16.5. The van der Waals surface area contributed by atoms with Crippen molar-refractivity contribution >= 4 is 17.8 Å². The van der Waals surface area contributed by atoms with E-state index in [0.29, 0.717) is 18.5 Å². The number of rotatable bonds is 4. The van der Waals surface area contributed by atoms with Crippen molar-refractivity contribution in [3.8, 4) is 0 Å². The summed E-state index contributed by atoms with van der Waals surface area (Å²) in [5.74, 6) is -0.986. The van der Waals surface area contributed by atoms with Gasteiger partial charge < -0.3 is 15.0 Å². The number of esters is 1. The Balaban J connectivity index is 1.90.